The molecule has 0 N–H and O–H groups in total. The zero-order valence-electron chi connectivity index (χ0n) is 10.4. The van der Waals surface area contributed by atoms with E-state index in [1.165, 1.54) is 4.70 Å². The number of ketones is 1. The van der Waals surface area contributed by atoms with Crippen molar-refractivity contribution in [1.29, 1.82) is 0 Å². The highest BCUT2D eigenvalue weighted by atomic mass is 35.5. The second-order valence-electron chi connectivity index (χ2n) is 4.48. The van der Waals surface area contributed by atoms with Crippen molar-refractivity contribution in [2.75, 3.05) is 0 Å². The Hall–Kier alpha value is -1.35. The molecular formula is C16H10Cl2OS. The molecule has 1 heterocycles. The fourth-order valence-corrected chi connectivity index (χ4v) is 3.51. The molecule has 0 saturated heterocycles. The average Bonchev–Trinajstić information content (AvgIpc) is 2.85. The predicted molar refractivity (Wildman–Crippen MR) is 86.3 cm³/mol. The topological polar surface area (TPSA) is 17.1 Å². The van der Waals surface area contributed by atoms with Crippen LogP contribution in [0.1, 0.15) is 15.9 Å². The van der Waals surface area contributed by atoms with E-state index in [2.05, 4.69) is 6.07 Å². The van der Waals surface area contributed by atoms with E-state index < -0.39 is 0 Å². The maximum Gasteiger partial charge on any atom is 0.168 e. The minimum Gasteiger partial charge on any atom is -0.294 e. The lowest BCUT2D eigenvalue weighted by atomic mass is 10.0. The van der Waals surface area contributed by atoms with Crippen LogP contribution in [0.4, 0.5) is 0 Å². The van der Waals surface area contributed by atoms with Crippen LogP contribution < -0.4 is 0 Å². The van der Waals surface area contributed by atoms with E-state index in [0.29, 0.717) is 22.0 Å². The van der Waals surface area contributed by atoms with Crippen LogP contribution in [0.2, 0.25) is 10.0 Å². The maximum absolute atomic E-state index is 12.4. The Kier molecular flexibility index (Phi) is 3.79. The van der Waals surface area contributed by atoms with Crippen molar-refractivity contribution in [3.8, 4) is 0 Å². The van der Waals surface area contributed by atoms with Crippen molar-refractivity contribution in [2.45, 2.75) is 6.42 Å². The van der Waals surface area contributed by atoms with Crippen LogP contribution in [0.25, 0.3) is 10.1 Å². The molecule has 3 rings (SSSR count). The number of carbonyl (C=O) groups excluding carboxylic acids is 1. The standard InChI is InChI=1S/C16H10Cl2OS/c17-11-5-6-14(18)13(8-11)15(19)7-10-9-20-16-4-2-1-3-12(10)16/h1-6,8-9H,7H2. The lowest BCUT2D eigenvalue weighted by Gasteiger charge is -2.04. The Balaban J connectivity index is 1.94. The minimum absolute atomic E-state index is 0.0129. The van der Waals surface area contributed by atoms with Crippen molar-refractivity contribution in [1.82, 2.24) is 0 Å². The van der Waals surface area contributed by atoms with Gasteiger partial charge in [0.2, 0.25) is 0 Å². The lowest BCUT2D eigenvalue weighted by Crippen LogP contribution is -2.03. The molecule has 0 fully saturated rings. The number of hydrogen-bond donors (Lipinski definition) is 0. The first-order valence-electron chi connectivity index (χ1n) is 6.08. The highest BCUT2D eigenvalue weighted by molar-refractivity contribution is 7.17. The summed E-state index contributed by atoms with van der Waals surface area (Å²) in [5, 5.41) is 4.12. The molecule has 0 aliphatic heterocycles. The van der Waals surface area contributed by atoms with Gasteiger partial charge in [0, 0.05) is 21.7 Å². The van der Waals surface area contributed by atoms with E-state index in [0.717, 1.165) is 10.9 Å². The maximum atomic E-state index is 12.4. The van der Waals surface area contributed by atoms with Gasteiger partial charge in [0.25, 0.3) is 0 Å². The molecule has 1 aromatic heterocycles. The van der Waals surface area contributed by atoms with Gasteiger partial charge in [-0.2, -0.15) is 0 Å². The van der Waals surface area contributed by atoms with Crippen LogP contribution in [0.5, 0.6) is 0 Å². The Morgan fingerprint density at radius 2 is 1.90 bits per heavy atom. The van der Waals surface area contributed by atoms with Crippen molar-refractivity contribution in [2.24, 2.45) is 0 Å². The molecule has 0 aliphatic carbocycles. The normalized spacial score (nSPS) is 10.9. The highest BCUT2D eigenvalue weighted by Gasteiger charge is 2.14. The number of thiophene rings is 1. The molecule has 0 unspecified atom stereocenters. The molecule has 0 aliphatic rings. The third kappa shape index (κ3) is 2.59. The molecule has 2 aromatic carbocycles. The molecule has 1 nitrogen and oxygen atoms in total. The molecular weight excluding hydrogens is 311 g/mol. The molecule has 0 atom stereocenters. The Labute approximate surface area is 130 Å². The van der Waals surface area contributed by atoms with Crippen LogP contribution in [-0.4, -0.2) is 5.78 Å². The number of Topliss-reactive ketones (excluding diaryl/α,β-unsaturated/α-hetero) is 1. The molecule has 20 heavy (non-hydrogen) atoms. The van der Waals surface area contributed by atoms with Gasteiger partial charge in [0.05, 0.1) is 5.02 Å². The summed E-state index contributed by atoms with van der Waals surface area (Å²) in [6, 6.07) is 13.0. The summed E-state index contributed by atoms with van der Waals surface area (Å²) < 4.78 is 1.19. The zero-order chi connectivity index (χ0) is 14.1. The van der Waals surface area contributed by atoms with Crippen molar-refractivity contribution in [3.63, 3.8) is 0 Å². The number of hydrogen-bond acceptors (Lipinski definition) is 2. The van der Waals surface area contributed by atoms with Gasteiger partial charge in [0.15, 0.2) is 5.78 Å². The molecule has 0 radical (unpaired) electrons. The van der Waals surface area contributed by atoms with E-state index in [9.17, 15) is 4.79 Å². The monoisotopic (exact) mass is 320 g/mol. The van der Waals surface area contributed by atoms with E-state index in [1.807, 2.05) is 23.6 Å². The fraction of sp³-hybridized carbons (Fsp3) is 0.0625. The number of carbonyl (C=O) groups is 1. The van der Waals surface area contributed by atoms with Gasteiger partial charge in [-0.25, -0.2) is 0 Å². The van der Waals surface area contributed by atoms with Crippen molar-refractivity contribution < 1.29 is 4.79 Å². The van der Waals surface area contributed by atoms with Crippen LogP contribution in [-0.2, 0) is 6.42 Å². The van der Waals surface area contributed by atoms with Crippen LogP contribution in [0.15, 0.2) is 47.8 Å². The largest absolute Gasteiger partial charge is 0.294 e. The van der Waals surface area contributed by atoms with Crippen LogP contribution >= 0.6 is 34.5 Å². The van der Waals surface area contributed by atoms with E-state index >= 15 is 0 Å². The second-order valence-corrected chi connectivity index (χ2v) is 6.24. The van der Waals surface area contributed by atoms with Gasteiger partial charge in [-0.1, -0.05) is 41.4 Å². The van der Waals surface area contributed by atoms with Gasteiger partial charge in [-0.05, 0) is 40.6 Å². The first kappa shape index (κ1) is 13.6. The quantitative estimate of drug-likeness (QED) is 0.571. The van der Waals surface area contributed by atoms with E-state index in [-0.39, 0.29) is 5.78 Å². The Morgan fingerprint density at radius 3 is 2.75 bits per heavy atom. The average molecular weight is 321 g/mol. The molecule has 0 amide bonds. The smallest absolute Gasteiger partial charge is 0.168 e. The Bertz CT molecular complexity index is 792. The fourth-order valence-electron chi connectivity index (χ4n) is 2.15. The van der Waals surface area contributed by atoms with Gasteiger partial charge in [-0.3, -0.25) is 4.79 Å². The van der Waals surface area contributed by atoms with Crippen LogP contribution in [0.3, 0.4) is 0 Å². The Morgan fingerprint density at radius 1 is 1.10 bits per heavy atom. The van der Waals surface area contributed by atoms with E-state index in [4.69, 9.17) is 23.2 Å². The van der Waals surface area contributed by atoms with Crippen molar-refractivity contribution in [3.05, 3.63) is 69.0 Å². The summed E-state index contributed by atoms with van der Waals surface area (Å²) in [6.45, 7) is 0. The van der Waals surface area contributed by atoms with Gasteiger partial charge in [0.1, 0.15) is 0 Å². The lowest BCUT2D eigenvalue weighted by molar-refractivity contribution is 0.0993. The second kappa shape index (κ2) is 5.57. The molecule has 0 bridgehead atoms. The first-order chi connectivity index (χ1) is 9.65. The molecule has 3 aromatic rings. The predicted octanol–water partition coefficient (Wildman–Crippen LogP) is 5.63. The van der Waals surface area contributed by atoms with Crippen LogP contribution in [0, 0.1) is 0 Å². The summed E-state index contributed by atoms with van der Waals surface area (Å²) in [4.78, 5) is 12.4. The summed E-state index contributed by atoms with van der Waals surface area (Å²) in [5.41, 5.74) is 1.51. The summed E-state index contributed by atoms with van der Waals surface area (Å²) in [6.07, 6.45) is 0.337. The molecule has 0 saturated carbocycles. The minimum atomic E-state index is -0.0129. The number of halogens is 2. The highest BCUT2D eigenvalue weighted by Crippen LogP contribution is 2.28. The first-order valence-corrected chi connectivity index (χ1v) is 7.72. The summed E-state index contributed by atoms with van der Waals surface area (Å²) in [7, 11) is 0. The summed E-state index contributed by atoms with van der Waals surface area (Å²) in [5.74, 6) is -0.0129. The van der Waals surface area contributed by atoms with Gasteiger partial charge in [-0.15, -0.1) is 11.3 Å². The number of benzene rings is 2. The van der Waals surface area contributed by atoms with Crippen molar-refractivity contribution >= 4 is 50.4 Å². The third-order valence-electron chi connectivity index (χ3n) is 3.14. The molecule has 100 valence electrons. The number of rotatable bonds is 3. The molecule has 4 heteroatoms. The summed E-state index contributed by atoms with van der Waals surface area (Å²) >= 11 is 13.6. The molecule has 0 spiro atoms. The van der Waals surface area contributed by atoms with E-state index in [1.54, 1.807) is 29.5 Å². The third-order valence-corrected chi connectivity index (χ3v) is 4.72. The SMILES string of the molecule is O=C(Cc1csc2ccccc12)c1cc(Cl)ccc1Cl. The van der Waals surface area contributed by atoms with Gasteiger partial charge < -0.3 is 0 Å². The zero-order valence-corrected chi connectivity index (χ0v) is 12.7. The number of fused-ring (bicyclic) bond motifs is 1. The van der Waals surface area contributed by atoms with Gasteiger partial charge >= 0.3 is 0 Å².